The molecule has 1 aromatic heterocycles. The summed E-state index contributed by atoms with van der Waals surface area (Å²) in [6, 6.07) is 18.7. The number of pyridine rings is 1. The molecule has 4 N–H and O–H groups in total. The van der Waals surface area contributed by atoms with E-state index in [2.05, 4.69) is 10.3 Å². The van der Waals surface area contributed by atoms with Gasteiger partial charge in [0.15, 0.2) is 0 Å². The highest BCUT2D eigenvalue weighted by atomic mass is 19.1. The molecule has 0 saturated carbocycles. The van der Waals surface area contributed by atoms with Crippen LogP contribution in [0.3, 0.4) is 0 Å². The summed E-state index contributed by atoms with van der Waals surface area (Å²) in [7, 11) is 0. The highest BCUT2D eigenvalue weighted by Crippen LogP contribution is 2.23. The molecule has 0 saturated heterocycles. The number of benzene rings is 2. The van der Waals surface area contributed by atoms with Crippen LogP contribution in [0.5, 0.6) is 5.88 Å². The first kappa shape index (κ1) is 17.4. The molecule has 0 radical (unpaired) electrons. The van der Waals surface area contributed by atoms with Crippen molar-refractivity contribution in [3.8, 4) is 17.1 Å². The number of hydrogen-bond donors (Lipinski definition) is 3. The van der Waals surface area contributed by atoms with E-state index in [-0.39, 0.29) is 17.9 Å². The van der Waals surface area contributed by atoms with Gasteiger partial charge in [0.05, 0.1) is 11.4 Å². The first-order chi connectivity index (χ1) is 12.7. The number of hydrazine groups is 1. The molecule has 26 heavy (non-hydrogen) atoms. The summed E-state index contributed by atoms with van der Waals surface area (Å²) in [4.78, 5) is 15.8. The van der Waals surface area contributed by atoms with E-state index in [9.17, 15) is 9.18 Å². The van der Waals surface area contributed by atoms with Crippen LogP contribution in [0.2, 0.25) is 0 Å². The van der Waals surface area contributed by atoms with Gasteiger partial charge in [-0.25, -0.2) is 20.0 Å². The molecule has 2 amide bonds. The van der Waals surface area contributed by atoms with Crippen LogP contribution in [-0.2, 0) is 6.61 Å². The van der Waals surface area contributed by atoms with E-state index < -0.39 is 11.8 Å². The monoisotopic (exact) mass is 352 g/mol. The van der Waals surface area contributed by atoms with Crippen LogP contribution >= 0.6 is 0 Å². The van der Waals surface area contributed by atoms with Gasteiger partial charge in [-0.3, -0.25) is 5.43 Å². The second kappa shape index (κ2) is 8.09. The molecule has 0 aliphatic rings. The van der Waals surface area contributed by atoms with Gasteiger partial charge < -0.3 is 10.1 Å². The highest BCUT2D eigenvalue weighted by Gasteiger charge is 2.12. The van der Waals surface area contributed by atoms with Gasteiger partial charge in [-0.15, -0.1) is 0 Å². The van der Waals surface area contributed by atoms with E-state index in [1.54, 1.807) is 12.1 Å². The number of rotatable bonds is 5. The summed E-state index contributed by atoms with van der Waals surface area (Å²) in [5, 5.41) is 2.46. The fraction of sp³-hybridized carbons (Fsp3) is 0.0526. The SMILES string of the molecule is NNC(=O)Nc1cccc(F)c1COc1cccc(-c2ccccc2)n1. The molecular formula is C19H17FN4O2. The summed E-state index contributed by atoms with van der Waals surface area (Å²) in [6.45, 7) is -0.0991. The number of nitrogens with two attached hydrogens (primary N) is 1. The third-order valence-electron chi connectivity index (χ3n) is 3.66. The number of aromatic nitrogens is 1. The molecule has 132 valence electrons. The molecule has 3 rings (SSSR count). The van der Waals surface area contributed by atoms with Crippen molar-refractivity contribution in [1.29, 1.82) is 0 Å². The molecule has 2 aromatic carbocycles. The van der Waals surface area contributed by atoms with Crippen LogP contribution in [0, 0.1) is 5.82 Å². The lowest BCUT2D eigenvalue weighted by molar-refractivity contribution is 0.252. The Morgan fingerprint density at radius 3 is 2.58 bits per heavy atom. The number of carbonyl (C=O) groups is 1. The maximum Gasteiger partial charge on any atom is 0.333 e. The molecule has 7 heteroatoms. The summed E-state index contributed by atoms with van der Waals surface area (Å²) in [5.41, 5.74) is 4.10. The van der Waals surface area contributed by atoms with Crippen LogP contribution < -0.4 is 21.3 Å². The summed E-state index contributed by atoms with van der Waals surface area (Å²) in [6.07, 6.45) is 0. The Hall–Kier alpha value is -3.45. The Morgan fingerprint density at radius 1 is 1.04 bits per heavy atom. The van der Waals surface area contributed by atoms with E-state index in [4.69, 9.17) is 10.6 Å². The standard InChI is InChI=1S/C19H17FN4O2/c20-15-8-4-10-17(23-19(25)24-21)14(15)12-26-18-11-5-9-16(22-18)13-6-2-1-3-7-13/h1-11H,12,21H2,(H2,23,24,25). The lowest BCUT2D eigenvalue weighted by atomic mass is 10.1. The van der Waals surface area contributed by atoms with Gasteiger partial charge >= 0.3 is 6.03 Å². The van der Waals surface area contributed by atoms with E-state index in [0.29, 0.717) is 5.88 Å². The number of anilines is 1. The van der Waals surface area contributed by atoms with Crippen LogP contribution in [0.15, 0.2) is 66.7 Å². The smallest absolute Gasteiger partial charge is 0.333 e. The van der Waals surface area contributed by atoms with Crippen molar-refractivity contribution in [3.05, 3.63) is 78.1 Å². The molecule has 0 bridgehead atoms. The average Bonchev–Trinajstić information content (AvgIpc) is 2.68. The molecule has 0 unspecified atom stereocenters. The number of nitrogens with one attached hydrogen (secondary N) is 2. The Labute approximate surface area is 149 Å². The van der Waals surface area contributed by atoms with Gasteiger partial charge in [-0.05, 0) is 18.2 Å². The molecule has 0 aliphatic carbocycles. The minimum atomic E-state index is -0.652. The van der Waals surface area contributed by atoms with Crippen molar-refractivity contribution in [1.82, 2.24) is 10.4 Å². The van der Waals surface area contributed by atoms with E-state index in [1.165, 1.54) is 12.1 Å². The number of halogens is 1. The van der Waals surface area contributed by atoms with Crippen molar-refractivity contribution < 1.29 is 13.9 Å². The van der Waals surface area contributed by atoms with E-state index in [1.807, 2.05) is 47.9 Å². The molecule has 0 fully saturated rings. The summed E-state index contributed by atoms with van der Waals surface area (Å²) >= 11 is 0. The maximum absolute atomic E-state index is 14.1. The lowest BCUT2D eigenvalue weighted by Crippen LogP contribution is -2.34. The van der Waals surface area contributed by atoms with Gasteiger partial charge in [-0.1, -0.05) is 42.5 Å². The second-order valence-electron chi connectivity index (χ2n) is 5.38. The maximum atomic E-state index is 14.1. The zero-order valence-electron chi connectivity index (χ0n) is 13.8. The minimum Gasteiger partial charge on any atom is -0.473 e. The number of hydrogen-bond acceptors (Lipinski definition) is 4. The number of amides is 2. The van der Waals surface area contributed by atoms with Gasteiger partial charge in [0.25, 0.3) is 0 Å². The molecular weight excluding hydrogens is 335 g/mol. The number of nitrogens with zero attached hydrogens (tertiary/aromatic N) is 1. The predicted molar refractivity (Wildman–Crippen MR) is 96.7 cm³/mol. The normalized spacial score (nSPS) is 10.2. The molecule has 6 nitrogen and oxygen atoms in total. The van der Waals surface area contributed by atoms with Crippen molar-refractivity contribution in [2.75, 3.05) is 5.32 Å². The quantitative estimate of drug-likeness (QED) is 0.373. The lowest BCUT2D eigenvalue weighted by Gasteiger charge is -2.13. The van der Waals surface area contributed by atoms with E-state index >= 15 is 0 Å². The van der Waals surface area contributed by atoms with Crippen molar-refractivity contribution in [2.24, 2.45) is 5.84 Å². The summed E-state index contributed by atoms with van der Waals surface area (Å²) in [5.74, 6) is 4.90. The molecule has 0 aliphatic heterocycles. The third-order valence-corrected chi connectivity index (χ3v) is 3.66. The van der Waals surface area contributed by atoms with Crippen LogP contribution in [0.4, 0.5) is 14.9 Å². The molecule has 0 spiro atoms. The molecule has 3 aromatic rings. The largest absolute Gasteiger partial charge is 0.473 e. The van der Waals surface area contributed by atoms with Crippen LogP contribution in [0.25, 0.3) is 11.3 Å². The van der Waals surface area contributed by atoms with Gasteiger partial charge in [0, 0.05) is 17.2 Å². The zero-order chi connectivity index (χ0) is 18.4. The Morgan fingerprint density at radius 2 is 1.81 bits per heavy atom. The van der Waals surface area contributed by atoms with Gasteiger partial charge in [0.1, 0.15) is 12.4 Å². The van der Waals surface area contributed by atoms with E-state index in [0.717, 1.165) is 11.3 Å². The zero-order valence-corrected chi connectivity index (χ0v) is 13.8. The predicted octanol–water partition coefficient (Wildman–Crippen LogP) is 3.46. The average molecular weight is 352 g/mol. The van der Waals surface area contributed by atoms with Crippen LogP contribution in [0.1, 0.15) is 5.56 Å². The summed E-state index contributed by atoms with van der Waals surface area (Å²) < 4.78 is 19.8. The fourth-order valence-electron chi connectivity index (χ4n) is 2.39. The topological polar surface area (TPSA) is 89.3 Å². The second-order valence-corrected chi connectivity index (χ2v) is 5.38. The van der Waals surface area contributed by atoms with Gasteiger partial charge in [-0.2, -0.15) is 0 Å². The fourth-order valence-corrected chi connectivity index (χ4v) is 2.39. The third kappa shape index (κ3) is 4.14. The minimum absolute atomic E-state index is 0.0991. The van der Waals surface area contributed by atoms with Crippen LogP contribution in [-0.4, -0.2) is 11.0 Å². The van der Waals surface area contributed by atoms with Crippen molar-refractivity contribution in [3.63, 3.8) is 0 Å². The first-order valence-corrected chi connectivity index (χ1v) is 7.87. The molecule has 0 atom stereocenters. The molecule has 1 heterocycles. The highest BCUT2D eigenvalue weighted by molar-refractivity contribution is 5.89. The number of ether oxygens (including phenoxy) is 1. The Kier molecular flexibility index (Phi) is 5.40. The Balaban J connectivity index is 1.78. The Bertz CT molecular complexity index is 903. The van der Waals surface area contributed by atoms with Crippen molar-refractivity contribution in [2.45, 2.75) is 6.61 Å². The number of urea groups is 1. The number of carbonyl (C=O) groups excluding carboxylic acids is 1. The first-order valence-electron chi connectivity index (χ1n) is 7.87. The van der Waals surface area contributed by atoms with Crippen molar-refractivity contribution >= 4 is 11.7 Å². The van der Waals surface area contributed by atoms with Gasteiger partial charge in [0.2, 0.25) is 5.88 Å².